The molecule has 0 bridgehead atoms. The summed E-state index contributed by atoms with van der Waals surface area (Å²) in [5.74, 6) is -0.0719. The minimum absolute atomic E-state index is 0. The Hall–Kier alpha value is -1.67. The van der Waals surface area contributed by atoms with E-state index in [-0.39, 0.29) is 46.8 Å². The summed E-state index contributed by atoms with van der Waals surface area (Å²) < 4.78 is 11.5. The number of ether oxygens (including phenoxy) is 2. The molecule has 30 heavy (non-hydrogen) atoms. The van der Waals surface area contributed by atoms with Crippen molar-refractivity contribution in [1.29, 1.82) is 0 Å². The molecule has 2 aromatic carbocycles. The molecule has 1 N–H and O–H groups in total. The third kappa shape index (κ3) is 8.22. The average molecular weight is 440 g/mol. The van der Waals surface area contributed by atoms with Crippen LogP contribution in [0.1, 0.15) is 42.6 Å². The molecule has 0 saturated carbocycles. The molecule has 0 spiro atoms. The maximum absolute atomic E-state index is 11.6. The number of phenols is 1. The standard InChI is InChI=1S/C22H26O6S.Na/c1-3-5-19-20(11-10-18(15(2)23)22(19)26)28-13-4-12-27-16-6-8-17(9-7-16)29-14-21(24)25;/h6-11,26H,3-5,12-14H2,1-2H3,(H,24,25);/q;+1/p-1. The zero-order valence-corrected chi connectivity index (χ0v) is 20.4. The second-order valence-corrected chi connectivity index (χ2v) is 7.48. The Bertz CT molecular complexity index is 838. The van der Waals surface area contributed by atoms with Crippen molar-refractivity contribution in [3.05, 3.63) is 47.5 Å². The smallest absolute Gasteiger partial charge is 0.549 e. The van der Waals surface area contributed by atoms with E-state index < -0.39 is 5.97 Å². The molecule has 0 aliphatic heterocycles. The molecule has 156 valence electrons. The van der Waals surface area contributed by atoms with Crippen LogP contribution >= 0.6 is 11.8 Å². The molecule has 0 aliphatic rings. The fourth-order valence-electron chi connectivity index (χ4n) is 2.73. The van der Waals surface area contributed by atoms with E-state index in [1.807, 2.05) is 6.92 Å². The molecule has 0 saturated heterocycles. The van der Waals surface area contributed by atoms with Crippen molar-refractivity contribution in [2.45, 2.75) is 38.0 Å². The minimum Gasteiger partial charge on any atom is -0.549 e. The number of carboxylic acid groups (broad SMARTS) is 1. The first-order valence-electron chi connectivity index (χ1n) is 9.46. The maximum Gasteiger partial charge on any atom is 1.00 e. The first-order chi connectivity index (χ1) is 13.9. The molecule has 2 rings (SSSR count). The number of carbonyl (C=O) groups is 2. The van der Waals surface area contributed by atoms with Gasteiger partial charge in [0.2, 0.25) is 0 Å². The molecule has 6 nitrogen and oxygen atoms in total. The molecule has 0 radical (unpaired) electrons. The summed E-state index contributed by atoms with van der Waals surface area (Å²) in [6, 6.07) is 10.5. The van der Waals surface area contributed by atoms with Crippen molar-refractivity contribution in [3.63, 3.8) is 0 Å². The van der Waals surface area contributed by atoms with E-state index in [1.54, 1.807) is 36.4 Å². The van der Waals surface area contributed by atoms with Crippen molar-refractivity contribution in [1.82, 2.24) is 0 Å². The fraction of sp³-hybridized carbons (Fsp3) is 0.364. The summed E-state index contributed by atoms with van der Waals surface area (Å²) in [5, 5.41) is 20.8. The van der Waals surface area contributed by atoms with Crippen LogP contribution in [0.5, 0.6) is 17.2 Å². The van der Waals surface area contributed by atoms with Gasteiger partial charge in [0, 0.05) is 22.6 Å². The summed E-state index contributed by atoms with van der Waals surface area (Å²) in [6.45, 7) is 4.29. The van der Waals surface area contributed by atoms with Crippen LogP contribution in [-0.4, -0.2) is 35.8 Å². The number of aliphatic carboxylic acids is 1. The number of carbonyl (C=O) groups excluding carboxylic acids is 2. The number of Topliss-reactive ketones (excluding diaryl/α,β-unsaturated/α-hetero) is 1. The number of rotatable bonds is 12. The van der Waals surface area contributed by atoms with Crippen molar-refractivity contribution in [2.75, 3.05) is 19.0 Å². The largest absolute Gasteiger partial charge is 1.00 e. The monoisotopic (exact) mass is 440 g/mol. The Morgan fingerprint density at radius 3 is 2.33 bits per heavy atom. The zero-order valence-electron chi connectivity index (χ0n) is 17.6. The van der Waals surface area contributed by atoms with Crippen LogP contribution in [0.4, 0.5) is 0 Å². The van der Waals surface area contributed by atoms with Crippen molar-refractivity contribution < 1.29 is 58.8 Å². The Balaban J connectivity index is 0.00000450. The molecule has 0 amide bonds. The number of carboxylic acids is 1. The number of phenolic OH excluding ortho intramolecular Hbond substituents is 1. The molecular formula is C22H25NaO6S. The van der Waals surface area contributed by atoms with Crippen LogP contribution in [0.25, 0.3) is 0 Å². The van der Waals surface area contributed by atoms with Crippen LogP contribution in [0.15, 0.2) is 41.3 Å². The molecule has 0 aromatic heterocycles. The first kappa shape index (κ1) is 26.4. The van der Waals surface area contributed by atoms with Gasteiger partial charge in [0.05, 0.1) is 24.7 Å². The summed E-state index contributed by atoms with van der Waals surface area (Å²) >= 11 is 1.20. The summed E-state index contributed by atoms with van der Waals surface area (Å²) in [6.07, 6.45) is 2.09. The Kier molecular flexibility index (Phi) is 11.9. The second-order valence-electron chi connectivity index (χ2n) is 6.43. The van der Waals surface area contributed by atoms with E-state index >= 15 is 0 Å². The van der Waals surface area contributed by atoms with Crippen LogP contribution in [0.2, 0.25) is 0 Å². The van der Waals surface area contributed by atoms with E-state index in [0.717, 1.165) is 11.3 Å². The quantitative estimate of drug-likeness (QED) is 0.219. The zero-order chi connectivity index (χ0) is 21.2. The van der Waals surface area contributed by atoms with Crippen LogP contribution in [0.3, 0.4) is 0 Å². The summed E-state index contributed by atoms with van der Waals surface area (Å²) in [7, 11) is 0. The van der Waals surface area contributed by atoms with Gasteiger partial charge < -0.3 is 24.5 Å². The van der Waals surface area contributed by atoms with E-state index in [9.17, 15) is 19.8 Å². The third-order valence-corrected chi connectivity index (χ3v) is 5.10. The number of hydrogen-bond donors (Lipinski definition) is 1. The van der Waals surface area contributed by atoms with Gasteiger partial charge in [-0.1, -0.05) is 13.3 Å². The van der Waals surface area contributed by atoms with Crippen molar-refractivity contribution in [3.8, 4) is 17.2 Å². The number of aromatic hydroxyl groups is 1. The number of ketones is 1. The van der Waals surface area contributed by atoms with E-state index in [1.165, 1.54) is 18.7 Å². The van der Waals surface area contributed by atoms with Gasteiger partial charge in [-0.05, 0) is 49.7 Å². The predicted molar refractivity (Wildman–Crippen MR) is 110 cm³/mol. The number of benzene rings is 2. The molecule has 2 aromatic rings. The van der Waals surface area contributed by atoms with Gasteiger partial charge in [-0.3, -0.25) is 4.79 Å². The number of hydrogen-bond acceptors (Lipinski definition) is 7. The Morgan fingerprint density at radius 2 is 1.73 bits per heavy atom. The maximum atomic E-state index is 11.6. The van der Waals surface area contributed by atoms with Gasteiger partial charge in [-0.25, -0.2) is 0 Å². The Labute approximate surface area is 203 Å². The molecule has 0 aliphatic carbocycles. The van der Waals surface area contributed by atoms with Crippen molar-refractivity contribution in [2.24, 2.45) is 0 Å². The molecule has 0 heterocycles. The van der Waals surface area contributed by atoms with Crippen molar-refractivity contribution >= 4 is 23.5 Å². The molecule has 0 atom stereocenters. The van der Waals surface area contributed by atoms with Gasteiger partial charge in [-0.2, -0.15) is 0 Å². The predicted octanol–water partition coefficient (Wildman–Crippen LogP) is 0.241. The minimum atomic E-state index is -1.10. The molecular weight excluding hydrogens is 415 g/mol. The van der Waals surface area contributed by atoms with E-state index in [0.29, 0.717) is 48.7 Å². The summed E-state index contributed by atoms with van der Waals surface area (Å²) in [4.78, 5) is 22.9. The second kappa shape index (κ2) is 13.6. The average Bonchev–Trinajstić information content (AvgIpc) is 2.69. The fourth-order valence-corrected chi connectivity index (χ4v) is 3.35. The van der Waals surface area contributed by atoms with E-state index in [2.05, 4.69) is 0 Å². The normalized spacial score (nSPS) is 10.2. The van der Waals surface area contributed by atoms with E-state index in [4.69, 9.17) is 9.47 Å². The molecule has 8 heteroatoms. The Morgan fingerprint density at radius 1 is 1.07 bits per heavy atom. The van der Waals surface area contributed by atoms with Gasteiger partial charge in [0.25, 0.3) is 0 Å². The van der Waals surface area contributed by atoms with Gasteiger partial charge >= 0.3 is 29.6 Å². The van der Waals surface area contributed by atoms with Gasteiger partial charge in [0.1, 0.15) is 17.2 Å². The van der Waals surface area contributed by atoms with Gasteiger partial charge in [0.15, 0.2) is 5.78 Å². The first-order valence-corrected chi connectivity index (χ1v) is 10.4. The third-order valence-electron chi connectivity index (χ3n) is 4.11. The van der Waals surface area contributed by atoms with Crippen LogP contribution in [-0.2, 0) is 11.2 Å². The summed E-state index contributed by atoms with van der Waals surface area (Å²) in [5.41, 5.74) is 0.969. The SMILES string of the molecule is CCCc1c(OCCCOc2ccc(SCC(=O)[O-])cc2)ccc(C(C)=O)c1O.[Na+]. The molecule has 0 fully saturated rings. The topological polar surface area (TPSA) is 95.9 Å². The van der Waals surface area contributed by atoms with Crippen LogP contribution < -0.4 is 44.1 Å². The number of thioether (sulfide) groups is 1. The molecule has 0 unspecified atom stereocenters. The van der Waals surface area contributed by atoms with Gasteiger partial charge in [-0.15, -0.1) is 11.8 Å². The van der Waals surface area contributed by atoms with Crippen LogP contribution in [0, 0.1) is 0 Å².